The molecule has 0 fully saturated rings. The molecular formula is C10H13N5S. The zero-order valence-electron chi connectivity index (χ0n) is 9.43. The highest BCUT2D eigenvalue weighted by molar-refractivity contribution is 7.99. The molecule has 0 saturated heterocycles. The van der Waals surface area contributed by atoms with Crippen molar-refractivity contribution in [3.05, 3.63) is 23.7 Å². The van der Waals surface area contributed by atoms with Gasteiger partial charge in [-0.25, -0.2) is 4.98 Å². The number of aromatic nitrogens is 4. The van der Waals surface area contributed by atoms with Gasteiger partial charge in [0.1, 0.15) is 10.9 Å². The van der Waals surface area contributed by atoms with Gasteiger partial charge in [-0.3, -0.25) is 0 Å². The normalized spacial score (nSPS) is 10.7. The van der Waals surface area contributed by atoms with Gasteiger partial charge in [0.25, 0.3) is 0 Å². The van der Waals surface area contributed by atoms with Crippen LogP contribution in [0, 0.1) is 13.8 Å². The molecule has 2 aromatic rings. The summed E-state index contributed by atoms with van der Waals surface area (Å²) in [6, 6.07) is 1.89. The van der Waals surface area contributed by atoms with Gasteiger partial charge in [-0.1, -0.05) is 0 Å². The lowest BCUT2D eigenvalue weighted by molar-refractivity contribution is 0.764. The molecule has 2 N–H and O–H groups in total. The van der Waals surface area contributed by atoms with Crippen LogP contribution in [-0.2, 0) is 7.05 Å². The largest absolute Gasteiger partial charge is 0.396 e. The number of hydrogen-bond acceptors (Lipinski definition) is 5. The summed E-state index contributed by atoms with van der Waals surface area (Å²) >= 11 is 1.43. The molecule has 0 amide bonds. The highest BCUT2D eigenvalue weighted by atomic mass is 32.2. The molecule has 0 spiro atoms. The van der Waals surface area contributed by atoms with Crippen molar-refractivity contribution in [2.24, 2.45) is 7.05 Å². The molecule has 0 radical (unpaired) electrons. The monoisotopic (exact) mass is 235 g/mol. The second-order valence-corrected chi connectivity index (χ2v) is 4.49. The fourth-order valence-electron chi connectivity index (χ4n) is 1.19. The van der Waals surface area contributed by atoms with Gasteiger partial charge in [-0.2, -0.15) is 0 Å². The first kappa shape index (κ1) is 10.9. The van der Waals surface area contributed by atoms with Crippen molar-refractivity contribution in [1.29, 1.82) is 0 Å². The van der Waals surface area contributed by atoms with Crippen molar-refractivity contribution < 1.29 is 0 Å². The Morgan fingerprint density at radius 1 is 1.31 bits per heavy atom. The maximum absolute atomic E-state index is 5.95. The van der Waals surface area contributed by atoms with Gasteiger partial charge in [0.15, 0.2) is 5.16 Å². The first-order chi connectivity index (χ1) is 7.59. The predicted octanol–water partition coefficient (Wildman–Crippen LogP) is 1.56. The Bertz CT molecular complexity index is 520. The van der Waals surface area contributed by atoms with E-state index in [9.17, 15) is 0 Å². The van der Waals surface area contributed by atoms with Gasteiger partial charge in [-0.15, -0.1) is 10.2 Å². The van der Waals surface area contributed by atoms with Crippen molar-refractivity contribution >= 4 is 17.4 Å². The van der Waals surface area contributed by atoms with Crippen LogP contribution in [0.3, 0.4) is 0 Å². The number of pyridine rings is 1. The van der Waals surface area contributed by atoms with E-state index in [1.165, 1.54) is 11.8 Å². The van der Waals surface area contributed by atoms with E-state index in [2.05, 4.69) is 15.2 Å². The highest BCUT2D eigenvalue weighted by Crippen LogP contribution is 2.30. The molecule has 0 unspecified atom stereocenters. The smallest absolute Gasteiger partial charge is 0.197 e. The number of rotatable bonds is 2. The average molecular weight is 235 g/mol. The van der Waals surface area contributed by atoms with E-state index in [1.54, 1.807) is 6.20 Å². The summed E-state index contributed by atoms with van der Waals surface area (Å²) in [6.07, 6.45) is 1.75. The van der Waals surface area contributed by atoms with Gasteiger partial charge >= 0.3 is 0 Å². The van der Waals surface area contributed by atoms with E-state index in [4.69, 9.17) is 5.73 Å². The standard InChI is InChI=1S/C10H13N5S/c1-6-4-5-12-9(8(6)11)16-10-14-13-7(2)15(10)3/h4-5H,11H2,1-3H3. The van der Waals surface area contributed by atoms with Crippen molar-refractivity contribution in [1.82, 2.24) is 19.7 Å². The lowest BCUT2D eigenvalue weighted by atomic mass is 10.3. The van der Waals surface area contributed by atoms with E-state index >= 15 is 0 Å². The summed E-state index contributed by atoms with van der Waals surface area (Å²) in [5.41, 5.74) is 7.67. The molecule has 0 bridgehead atoms. The van der Waals surface area contributed by atoms with Crippen LogP contribution >= 0.6 is 11.8 Å². The first-order valence-corrected chi connectivity index (χ1v) is 5.66. The lowest BCUT2D eigenvalue weighted by Crippen LogP contribution is -1.97. The van der Waals surface area contributed by atoms with E-state index < -0.39 is 0 Å². The van der Waals surface area contributed by atoms with Crippen molar-refractivity contribution in [2.75, 3.05) is 5.73 Å². The van der Waals surface area contributed by atoms with Gasteiger partial charge in [-0.05, 0) is 37.2 Å². The molecule has 5 nitrogen and oxygen atoms in total. The molecule has 2 aromatic heterocycles. The summed E-state index contributed by atoms with van der Waals surface area (Å²) < 4.78 is 1.91. The number of anilines is 1. The molecular weight excluding hydrogens is 222 g/mol. The summed E-state index contributed by atoms with van der Waals surface area (Å²) in [5, 5.41) is 9.62. The van der Waals surface area contributed by atoms with Crippen LogP contribution in [0.5, 0.6) is 0 Å². The molecule has 0 saturated carbocycles. The maximum atomic E-state index is 5.95. The second kappa shape index (κ2) is 4.13. The molecule has 2 heterocycles. The molecule has 84 valence electrons. The lowest BCUT2D eigenvalue weighted by Gasteiger charge is -2.05. The van der Waals surface area contributed by atoms with Gasteiger partial charge in [0.05, 0.1) is 5.69 Å². The van der Waals surface area contributed by atoms with Gasteiger partial charge in [0.2, 0.25) is 0 Å². The summed E-state index contributed by atoms with van der Waals surface area (Å²) in [4.78, 5) is 4.24. The van der Waals surface area contributed by atoms with E-state index in [1.807, 2.05) is 31.5 Å². The summed E-state index contributed by atoms with van der Waals surface area (Å²) in [6.45, 7) is 3.87. The topological polar surface area (TPSA) is 69.6 Å². The van der Waals surface area contributed by atoms with Crippen LogP contribution in [-0.4, -0.2) is 19.7 Å². The Labute approximate surface area is 98.1 Å². The zero-order valence-corrected chi connectivity index (χ0v) is 10.2. The van der Waals surface area contributed by atoms with Crippen LogP contribution < -0.4 is 5.73 Å². The van der Waals surface area contributed by atoms with Crippen LogP contribution in [0.1, 0.15) is 11.4 Å². The van der Waals surface area contributed by atoms with Crippen LogP contribution in [0.25, 0.3) is 0 Å². The fourth-order valence-corrected chi connectivity index (χ4v) is 2.10. The Hall–Kier alpha value is -1.56. The second-order valence-electron chi connectivity index (χ2n) is 3.54. The SMILES string of the molecule is Cc1ccnc(Sc2nnc(C)n2C)c1N. The molecule has 0 aliphatic rings. The third-order valence-electron chi connectivity index (χ3n) is 2.41. The van der Waals surface area contributed by atoms with Crippen LogP contribution in [0.15, 0.2) is 22.4 Å². The molecule has 0 aromatic carbocycles. The molecule has 2 rings (SSSR count). The Morgan fingerprint density at radius 3 is 2.69 bits per heavy atom. The zero-order chi connectivity index (χ0) is 11.7. The van der Waals surface area contributed by atoms with Crippen molar-refractivity contribution in [3.8, 4) is 0 Å². The van der Waals surface area contributed by atoms with Crippen molar-refractivity contribution in [3.63, 3.8) is 0 Å². The minimum atomic E-state index is 0.702. The highest BCUT2D eigenvalue weighted by Gasteiger charge is 2.11. The van der Waals surface area contributed by atoms with Crippen LogP contribution in [0.4, 0.5) is 5.69 Å². The van der Waals surface area contributed by atoms with Crippen molar-refractivity contribution in [2.45, 2.75) is 24.0 Å². The fraction of sp³-hybridized carbons (Fsp3) is 0.300. The van der Waals surface area contributed by atoms with E-state index in [0.29, 0.717) is 5.69 Å². The third kappa shape index (κ3) is 1.88. The number of aryl methyl sites for hydroxylation is 2. The van der Waals surface area contributed by atoms with E-state index in [0.717, 1.165) is 21.6 Å². The number of nitrogen functional groups attached to an aromatic ring is 1. The first-order valence-electron chi connectivity index (χ1n) is 4.84. The average Bonchev–Trinajstić information content (AvgIpc) is 2.57. The number of nitrogens with zero attached hydrogens (tertiary/aromatic N) is 4. The third-order valence-corrected chi connectivity index (χ3v) is 3.47. The maximum Gasteiger partial charge on any atom is 0.197 e. The summed E-state index contributed by atoms with van der Waals surface area (Å²) in [5.74, 6) is 0.869. The minimum Gasteiger partial charge on any atom is -0.396 e. The molecule has 0 aliphatic carbocycles. The molecule has 16 heavy (non-hydrogen) atoms. The van der Waals surface area contributed by atoms with Gasteiger partial charge in [0, 0.05) is 13.2 Å². The predicted molar refractivity (Wildman–Crippen MR) is 63.2 cm³/mol. The van der Waals surface area contributed by atoms with E-state index in [-0.39, 0.29) is 0 Å². The quantitative estimate of drug-likeness (QED) is 0.855. The Morgan fingerprint density at radius 2 is 2.06 bits per heavy atom. The Kier molecular flexibility index (Phi) is 2.82. The summed E-state index contributed by atoms with van der Waals surface area (Å²) in [7, 11) is 1.92. The van der Waals surface area contributed by atoms with Gasteiger partial charge < -0.3 is 10.3 Å². The molecule has 0 aliphatic heterocycles. The minimum absolute atomic E-state index is 0.702. The van der Waals surface area contributed by atoms with Crippen LogP contribution in [0.2, 0.25) is 0 Å². The number of nitrogens with two attached hydrogens (primary N) is 1. The Balaban J connectivity index is 2.34. The number of hydrogen-bond donors (Lipinski definition) is 1. The molecule has 0 atom stereocenters. The molecule has 6 heteroatoms.